The van der Waals surface area contributed by atoms with Gasteiger partial charge in [0, 0.05) is 70.3 Å². The first kappa shape index (κ1) is 40.7. The van der Waals surface area contributed by atoms with E-state index in [1.54, 1.807) is 19.1 Å². The maximum atomic E-state index is 15.5. The summed E-state index contributed by atoms with van der Waals surface area (Å²) in [6, 6.07) is 9.78. The van der Waals surface area contributed by atoms with E-state index < -0.39 is 51.1 Å². The smallest absolute Gasteiger partial charge is 0.245 e. The quantitative estimate of drug-likeness (QED) is 0.258. The third-order valence-electron chi connectivity index (χ3n) is 12.5. The summed E-state index contributed by atoms with van der Waals surface area (Å²) in [4.78, 5) is 54.5. The zero-order valence-electron chi connectivity index (χ0n) is 34.7. The number of aromatic nitrogens is 7. The van der Waals surface area contributed by atoms with Crippen LogP contribution in [0.4, 0.5) is 30.8 Å². The molecule has 8 heterocycles. The molecule has 4 unspecified atom stereocenters. The minimum Gasteiger partial charge on any atom is -0.378 e. The van der Waals surface area contributed by atoms with Crippen molar-refractivity contribution in [1.82, 2.24) is 44.1 Å². The number of nitrogens with one attached hydrogen (secondary N) is 1. The van der Waals surface area contributed by atoms with Crippen molar-refractivity contribution in [3.8, 4) is 16.9 Å². The average molecular weight is 885 g/mol. The number of halogens is 3. The van der Waals surface area contributed by atoms with E-state index in [-0.39, 0.29) is 67.5 Å². The second kappa shape index (κ2) is 15.2. The predicted molar refractivity (Wildman–Crippen MR) is 227 cm³/mol. The summed E-state index contributed by atoms with van der Waals surface area (Å²) in [6.07, 6.45) is 3.02. The third kappa shape index (κ3) is 7.25. The molecule has 63 heavy (non-hydrogen) atoms. The van der Waals surface area contributed by atoms with Crippen LogP contribution in [0, 0.1) is 24.4 Å². The number of piperidine rings is 1. The Labute approximate surface area is 359 Å². The number of pyridine rings is 1. The molecule has 6 aromatic rings. The lowest BCUT2D eigenvalue weighted by molar-refractivity contribution is -0.133. The minimum atomic E-state index is -3.55. The van der Waals surface area contributed by atoms with E-state index in [1.807, 2.05) is 39.5 Å². The van der Waals surface area contributed by atoms with Crippen molar-refractivity contribution in [1.29, 1.82) is 0 Å². The number of carbonyl (C=O) groups excluding carboxylic acids is 2. The van der Waals surface area contributed by atoms with Crippen molar-refractivity contribution in [2.75, 3.05) is 67.5 Å². The lowest BCUT2D eigenvalue weighted by Gasteiger charge is -2.56. The van der Waals surface area contributed by atoms with E-state index in [9.17, 15) is 22.4 Å². The highest BCUT2D eigenvalue weighted by Gasteiger charge is 2.48. The monoisotopic (exact) mass is 884 g/mol. The Hall–Kier alpha value is -6.35. The van der Waals surface area contributed by atoms with Crippen LogP contribution in [0.3, 0.4) is 0 Å². The summed E-state index contributed by atoms with van der Waals surface area (Å²) in [5.74, 6) is -1.65. The first-order valence-corrected chi connectivity index (χ1v) is 22.6. The van der Waals surface area contributed by atoms with Gasteiger partial charge in [-0.1, -0.05) is 6.07 Å². The number of imidazole rings is 1. The number of hydrogen-bond acceptors (Lipinski definition) is 13. The molecule has 0 radical (unpaired) electrons. The predicted octanol–water partition coefficient (Wildman–Crippen LogP) is 3.33. The molecule has 0 saturated carbocycles. The molecule has 2 amide bonds. The van der Waals surface area contributed by atoms with Gasteiger partial charge in [0.1, 0.15) is 46.6 Å². The van der Waals surface area contributed by atoms with Gasteiger partial charge in [0.25, 0.3) is 0 Å². The molecular formula is C42H43F3N12O5S. The summed E-state index contributed by atoms with van der Waals surface area (Å²) in [7, 11) is -0.261. The molecule has 3 saturated heterocycles. The number of rotatable bonds is 6. The number of nitrogens with zero attached hydrogens (tertiary/aromatic N) is 11. The number of aryl methyl sites for hydroxylation is 1. The van der Waals surface area contributed by atoms with E-state index in [0.29, 0.717) is 64.5 Å². The Bertz CT molecular complexity index is 2950. The van der Waals surface area contributed by atoms with E-state index >= 15 is 8.78 Å². The van der Waals surface area contributed by atoms with Crippen LogP contribution in [0.5, 0.6) is 0 Å². The molecular weight excluding hydrogens is 842 g/mol. The Morgan fingerprint density at radius 1 is 0.937 bits per heavy atom. The van der Waals surface area contributed by atoms with Gasteiger partial charge in [-0.2, -0.15) is 15.1 Å². The highest BCUT2D eigenvalue weighted by molar-refractivity contribution is 7.91. The van der Waals surface area contributed by atoms with Crippen LogP contribution < -0.4 is 15.1 Å². The topological polar surface area (TPSA) is 177 Å². The number of sulfone groups is 1. The van der Waals surface area contributed by atoms with Crippen molar-refractivity contribution in [3.05, 3.63) is 78.0 Å². The number of benzene rings is 2. The largest absolute Gasteiger partial charge is 0.378 e. The van der Waals surface area contributed by atoms with Crippen LogP contribution in [0.25, 0.3) is 39.0 Å². The van der Waals surface area contributed by atoms with Gasteiger partial charge in [0.05, 0.1) is 53.0 Å². The summed E-state index contributed by atoms with van der Waals surface area (Å²) < 4.78 is 77.9. The van der Waals surface area contributed by atoms with Gasteiger partial charge in [-0.25, -0.2) is 36.2 Å². The van der Waals surface area contributed by atoms with E-state index in [1.165, 1.54) is 34.0 Å². The number of carbonyl (C=O) groups is 2. The lowest BCUT2D eigenvalue weighted by Crippen LogP contribution is -2.70. The van der Waals surface area contributed by atoms with Gasteiger partial charge in [-0.3, -0.25) is 9.59 Å². The number of likely N-dealkylation sites (tertiary alicyclic amines) is 1. The van der Waals surface area contributed by atoms with Gasteiger partial charge in [-0.05, 0) is 50.1 Å². The van der Waals surface area contributed by atoms with E-state index in [4.69, 9.17) is 19.7 Å². The fourth-order valence-electron chi connectivity index (χ4n) is 9.61. The maximum absolute atomic E-state index is 15.5. The Morgan fingerprint density at radius 3 is 2.48 bits per heavy atom. The molecule has 5 atom stereocenters. The molecule has 4 aliphatic heterocycles. The molecule has 10 rings (SSSR count). The van der Waals surface area contributed by atoms with Crippen molar-refractivity contribution in [2.24, 2.45) is 0 Å². The molecule has 6 bridgehead atoms. The summed E-state index contributed by atoms with van der Waals surface area (Å²) >= 11 is 0. The van der Waals surface area contributed by atoms with Gasteiger partial charge >= 0.3 is 0 Å². The summed E-state index contributed by atoms with van der Waals surface area (Å²) in [5.41, 5.74) is 2.40. The number of methoxy groups -OCH3 is 1. The molecule has 1 N–H and O–H groups in total. The zero-order chi connectivity index (χ0) is 44.1. The lowest BCUT2D eigenvalue weighted by atomic mass is 9.88. The minimum absolute atomic E-state index is 0.0541. The second-order valence-corrected chi connectivity index (χ2v) is 19.0. The standard InChI is InChI=1S/C42H43F3N12O5S/c1-22-47-33-12-24(44)10-29-32-6-5-7-36(49-32)48-25-13-35(41(59)52(2)19-28(62-3)20-54(22)38(29)33)55(16-25)39-30-15-46-57(34-9-8-23(43)11-31(34)45)40(30)51-42(50-39)56-26-14-27(56)18-53(17-26)37(58)21-63(4,60)61/h5-12,15,25-28,35H,13-14,16-21H2,1-4H3,(H,48,49)/t25-,26?,27?,28?,35?/m0/s1. The molecule has 4 aromatic heterocycles. The van der Waals surface area contributed by atoms with Crippen LogP contribution in [0.1, 0.15) is 18.7 Å². The SMILES string of the molecule is COC1CN(C)C(=O)C2C[C@@H](CN2c2nc(N3C4CC3CN(C(=O)CS(C)(=O)=O)C4)nc3c2cnn3-c2ccc(F)cc2F)Nc2cccc(n2)-c2cc(F)cc3nc(C)n(c23)C1. The molecule has 4 aliphatic rings. The maximum Gasteiger partial charge on any atom is 0.245 e. The van der Waals surface area contributed by atoms with Crippen molar-refractivity contribution >= 4 is 61.3 Å². The number of anilines is 3. The molecule has 21 heteroatoms. The summed E-state index contributed by atoms with van der Waals surface area (Å²) in [6.45, 7) is 3.06. The van der Waals surface area contributed by atoms with E-state index in [0.717, 1.165) is 18.4 Å². The molecule has 17 nitrogen and oxygen atoms in total. The second-order valence-electron chi connectivity index (χ2n) is 16.9. The van der Waals surface area contributed by atoms with Crippen LogP contribution >= 0.6 is 0 Å². The highest BCUT2D eigenvalue weighted by Crippen LogP contribution is 2.40. The molecule has 0 spiro atoms. The van der Waals surface area contributed by atoms with Gasteiger partial charge in [-0.15, -0.1) is 0 Å². The molecule has 2 aromatic carbocycles. The van der Waals surface area contributed by atoms with Crippen LogP contribution in [-0.2, 0) is 30.7 Å². The molecule has 328 valence electrons. The number of ether oxygens (including phenoxy) is 1. The first-order chi connectivity index (χ1) is 30.1. The van der Waals surface area contributed by atoms with Crippen molar-refractivity contribution < 1.29 is 35.9 Å². The number of hydrogen-bond donors (Lipinski definition) is 1. The van der Waals surface area contributed by atoms with Gasteiger partial charge in [0.2, 0.25) is 17.8 Å². The zero-order valence-corrected chi connectivity index (χ0v) is 35.6. The highest BCUT2D eigenvalue weighted by atomic mass is 32.2. The molecule has 3 fully saturated rings. The Balaban J connectivity index is 1.07. The number of fused-ring (bicyclic) bond motifs is 8. The van der Waals surface area contributed by atoms with Crippen LogP contribution in [-0.4, -0.2) is 147 Å². The van der Waals surface area contributed by atoms with E-state index in [2.05, 4.69) is 15.4 Å². The van der Waals surface area contributed by atoms with Crippen LogP contribution in [0.15, 0.2) is 54.7 Å². The fourth-order valence-corrected chi connectivity index (χ4v) is 10.2. The van der Waals surface area contributed by atoms with Crippen molar-refractivity contribution in [3.63, 3.8) is 0 Å². The number of likely N-dealkylation sites (N-methyl/N-ethyl adjacent to an activating group) is 1. The summed E-state index contributed by atoms with van der Waals surface area (Å²) in [5, 5.41) is 8.45. The number of amides is 2. The van der Waals surface area contributed by atoms with Gasteiger partial charge < -0.3 is 34.2 Å². The van der Waals surface area contributed by atoms with Crippen molar-refractivity contribution in [2.45, 2.75) is 56.6 Å². The van der Waals surface area contributed by atoms with Gasteiger partial charge in [0.15, 0.2) is 21.3 Å². The normalized spacial score (nSPS) is 22.6. The average Bonchev–Trinajstić information content (AvgIpc) is 3.93. The number of piperazine rings is 1. The first-order valence-electron chi connectivity index (χ1n) is 20.5. The molecule has 0 aliphatic carbocycles. The Morgan fingerprint density at radius 2 is 1.73 bits per heavy atom. The fraction of sp³-hybridized carbons (Fsp3) is 0.405. The van der Waals surface area contributed by atoms with Crippen LogP contribution in [0.2, 0.25) is 0 Å². The third-order valence-corrected chi connectivity index (χ3v) is 13.3. The Kier molecular flexibility index (Phi) is 9.81.